The summed E-state index contributed by atoms with van der Waals surface area (Å²) < 4.78 is 13.5. The molecule has 0 amide bonds. The van der Waals surface area contributed by atoms with Crippen LogP contribution in [0, 0.1) is 5.82 Å². The fourth-order valence-electron chi connectivity index (χ4n) is 2.19. The molecule has 2 aromatic rings. The lowest BCUT2D eigenvalue weighted by Gasteiger charge is -2.05. The Hall–Kier alpha value is -1.67. The van der Waals surface area contributed by atoms with Crippen LogP contribution in [-0.2, 0) is 0 Å². The summed E-state index contributed by atoms with van der Waals surface area (Å²) in [6.07, 6.45) is -0.822. The van der Waals surface area contributed by atoms with Crippen LogP contribution in [0.2, 0.25) is 0 Å². The van der Waals surface area contributed by atoms with E-state index in [-0.39, 0.29) is 5.82 Å². The van der Waals surface area contributed by atoms with E-state index in [4.69, 9.17) is 0 Å². The Morgan fingerprint density at radius 2 is 1.67 bits per heavy atom. The van der Waals surface area contributed by atoms with Gasteiger partial charge in [0.15, 0.2) is 0 Å². The van der Waals surface area contributed by atoms with Crippen LogP contribution in [0.5, 0.6) is 0 Å². The number of benzene rings is 2. The average molecular weight is 200 g/mol. The molecule has 2 aromatic carbocycles. The molecule has 2 heteroatoms. The Labute approximate surface area is 86.8 Å². The van der Waals surface area contributed by atoms with E-state index in [1.54, 1.807) is 6.07 Å². The average Bonchev–Trinajstić information content (AvgIpc) is 2.55. The summed E-state index contributed by atoms with van der Waals surface area (Å²) >= 11 is 0. The number of fused-ring (bicyclic) bond motifs is 3. The first-order valence-electron chi connectivity index (χ1n) is 4.85. The van der Waals surface area contributed by atoms with Crippen molar-refractivity contribution in [2.45, 2.75) is 6.10 Å². The normalized spacial score (nSPS) is 17.3. The first kappa shape index (κ1) is 8.62. The highest BCUT2D eigenvalue weighted by Crippen LogP contribution is 2.43. The lowest BCUT2D eigenvalue weighted by atomic mass is 10.1. The van der Waals surface area contributed by atoms with Crippen LogP contribution >= 0.6 is 0 Å². The number of aliphatic hydroxyl groups is 1. The van der Waals surface area contributed by atoms with Crippen LogP contribution < -0.4 is 0 Å². The van der Waals surface area contributed by atoms with E-state index in [0.29, 0.717) is 5.56 Å². The van der Waals surface area contributed by atoms with Crippen molar-refractivity contribution in [3.8, 4) is 11.1 Å². The second kappa shape index (κ2) is 2.91. The van der Waals surface area contributed by atoms with Gasteiger partial charge in [-0.15, -0.1) is 0 Å². The van der Waals surface area contributed by atoms with Crippen LogP contribution in [0.15, 0.2) is 42.5 Å². The van der Waals surface area contributed by atoms with Crippen molar-refractivity contribution in [1.82, 2.24) is 0 Å². The molecule has 3 rings (SSSR count). The SMILES string of the molecule is OC1c2ccccc2-c2cccc(F)c21. The van der Waals surface area contributed by atoms with Crippen molar-refractivity contribution >= 4 is 0 Å². The predicted molar refractivity (Wildman–Crippen MR) is 55.9 cm³/mol. The molecule has 0 radical (unpaired) electrons. The van der Waals surface area contributed by atoms with Crippen LogP contribution in [0.3, 0.4) is 0 Å². The first-order valence-corrected chi connectivity index (χ1v) is 4.85. The van der Waals surface area contributed by atoms with Gasteiger partial charge in [0.25, 0.3) is 0 Å². The molecular formula is C13H9FO. The van der Waals surface area contributed by atoms with E-state index in [2.05, 4.69) is 0 Å². The Kier molecular flexibility index (Phi) is 1.67. The summed E-state index contributed by atoms with van der Waals surface area (Å²) in [6, 6.07) is 12.4. The lowest BCUT2D eigenvalue weighted by Crippen LogP contribution is -1.96. The standard InChI is InChI=1S/C13H9FO/c14-11-7-3-6-9-8-4-1-2-5-10(8)13(15)12(9)11/h1-7,13,15H. The molecule has 15 heavy (non-hydrogen) atoms. The van der Waals surface area contributed by atoms with E-state index in [1.807, 2.05) is 30.3 Å². The molecule has 1 N–H and O–H groups in total. The molecule has 0 aliphatic heterocycles. The molecule has 0 saturated heterocycles. The molecular weight excluding hydrogens is 191 g/mol. The number of hydrogen-bond donors (Lipinski definition) is 1. The molecule has 0 aromatic heterocycles. The highest BCUT2D eigenvalue weighted by atomic mass is 19.1. The van der Waals surface area contributed by atoms with E-state index < -0.39 is 6.10 Å². The van der Waals surface area contributed by atoms with Gasteiger partial charge < -0.3 is 5.11 Å². The van der Waals surface area contributed by atoms with Gasteiger partial charge in [-0.3, -0.25) is 0 Å². The fraction of sp³-hybridized carbons (Fsp3) is 0.0769. The summed E-state index contributed by atoms with van der Waals surface area (Å²) in [5, 5.41) is 9.97. The van der Waals surface area contributed by atoms with Gasteiger partial charge in [0.05, 0.1) is 0 Å². The van der Waals surface area contributed by atoms with Gasteiger partial charge in [-0.1, -0.05) is 36.4 Å². The molecule has 1 aliphatic carbocycles. The highest BCUT2D eigenvalue weighted by molar-refractivity contribution is 5.78. The van der Waals surface area contributed by atoms with Gasteiger partial charge in [0, 0.05) is 5.56 Å². The molecule has 0 spiro atoms. The van der Waals surface area contributed by atoms with Crippen LogP contribution in [0.25, 0.3) is 11.1 Å². The van der Waals surface area contributed by atoms with Crippen molar-refractivity contribution in [3.05, 3.63) is 59.4 Å². The number of rotatable bonds is 0. The molecule has 1 aliphatic rings. The van der Waals surface area contributed by atoms with E-state index in [9.17, 15) is 9.50 Å². The van der Waals surface area contributed by atoms with Gasteiger partial charge in [0.2, 0.25) is 0 Å². The maximum absolute atomic E-state index is 13.5. The highest BCUT2D eigenvalue weighted by Gasteiger charge is 2.28. The molecule has 0 fully saturated rings. The predicted octanol–water partition coefficient (Wildman–Crippen LogP) is 2.89. The zero-order chi connectivity index (χ0) is 10.4. The topological polar surface area (TPSA) is 20.2 Å². The monoisotopic (exact) mass is 200 g/mol. The van der Waals surface area contributed by atoms with Gasteiger partial charge in [0.1, 0.15) is 11.9 Å². The molecule has 1 unspecified atom stereocenters. The van der Waals surface area contributed by atoms with Crippen molar-refractivity contribution < 1.29 is 9.50 Å². The molecule has 0 bridgehead atoms. The molecule has 74 valence electrons. The van der Waals surface area contributed by atoms with Gasteiger partial charge in [-0.05, 0) is 22.8 Å². The number of aliphatic hydroxyl groups excluding tert-OH is 1. The summed E-state index contributed by atoms with van der Waals surface area (Å²) in [7, 11) is 0. The summed E-state index contributed by atoms with van der Waals surface area (Å²) in [5.74, 6) is -0.337. The third-order valence-electron chi connectivity index (χ3n) is 2.87. The largest absolute Gasteiger partial charge is 0.384 e. The van der Waals surface area contributed by atoms with Crippen LogP contribution in [0.4, 0.5) is 4.39 Å². The van der Waals surface area contributed by atoms with Crippen LogP contribution in [0.1, 0.15) is 17.2 Å². The van der Waals surface area contributed by atoms with E-state index in [1.165, 1.54) is 6.07 Å². The van der Waals surface area contributed by atoms with Crippen molar-refractivity contribution in [1.29, 1.82) is 0 Å². The van der Waals surface area contributed by atoms with Crippen molar-refractivity contribution in [2.75, 3.05) is 0 Å². The van der Waals surface area contributed by atoms with E-state index >= 15 is 0 Å². The summed E-state index contributed by atoms with van der Waals surface area (Å²) in [5.41, 5.74) is 2.92. The maximum atomic E-state index is 13.5. The third-order valence-corrected chi connectivity index (χ3v) is 2.87. The molecule has 0 saturated carbocycles. The summed E-state index contributed by atoms with van der Waals surface area (Å²) in [4.78, 5) is 0. The Balaban J connectivity index is 2.37. The van der Waals surface area contributed by atoms with Crippen molar-refractivity contribution in [3.63, 3.8) is 0 Å². The van der Waals surface area contributed by atoms with Gasteiger partial charge in [-0.2, -0.15) is 0 Å². The summed E-state index contributed by atoms with van der Waals surface area (Å²) in [6.45, 7) is 0. The lowest BCUT2D eigenvalue weighted by molar-refractivity contribution is 0.220. The Morgan fingerprint density at radius 1 is 0.933 bits per heavy atom. The third kappa shape index (κ3) is 1.05. The molecule has 1 atom stereocenters. The first-order chi connectivity index (χ1) is 7.29. The zero-order valence-corrected chi connectivity index (χ0v) is 7.94. The number of halogens is 1. The maximum Gasteiger partial charge on any atom is 0.129 e. The molecule has 1 nitrogen and oxygen atoms in total. The second-order valence-electron chi connectivity index (χ2n) is 3.69. The smallest absolute Gasteiger partial charge is 0.129 e. The Bertz CT molecular complexity index is 534. The van der Waals surface area contributed by atoms with Gasteiger partial charge in [-0.25, -0.2) is 4.39 Å². The fourth-order valence-corrected chi connectivity index (χ4v) is 2.19. The van der Waals surface area contributed by atoms with Crippen LogP contribution in [-0.4, -0.2) is 5.11 Å². The minimum absolute atomic E-state index is 0.337. The minimum Gasteiger partial charge on any atom is -0.384 e. The van der Waals surface area contributed by atoms with Crippen molar-refractivity contribution in [2.24, 2.45) is 0 Å². The van der Waals surface area contributed by atoms with E-state index in [0.717, 1.165) is 16.7 Å². The minimum atomic E-state index is -0.822. The molecule has 0 heterocycles. The zero-order valence-electron chi connectivity index (χ0n) is 7.94. The quantitative estimate of drug-likeness (QED) is 0.693. The second-order valence-corrected chi connectivity index (χ2v) is 3.69. The van der Waals surface area contributed by atoms with Gasteiger partial charge >= 0.3 is 0 Å². The number of hydrogen-bond acceptors (Lipinski definition) is 1. The Morgan fingerprint density at radius 3 is 2.53 bits per heavy atom.